The maximum Gasteiger partial charge on any atom is 0.268 e. The van der Waals surface area contributed by atoms with Crippen LogP contribution in [-0.2, 0) is 11.3 Å². The fraction of sp³-hybridized carbons (Fsp3) is 0.226. The van der Waals surface area contributed by atoms with Crippen LogP contribution in [0, 0.1) is 25.6 Å². The Morgan fingerprint density at radius 3 is 2.37 bits per heavy atom. The zero-order chi connectivity index (χ0) is 26.8. The van der Waals surface area contributed by atoms with E-state index in [1.807, 2.05) is 87.0 Å². The third-order valence-corrected chi connectivity index (χ3v) is 6.60. The van der Waals surface area contributed by atoms with E-state index in [4.69, 9.17) is 9.72 Å². The van der Waals surface area contributed by atoms with Gasteiger partial charge < -0.3 is 15.0 Å². The topological polar surface area (TPSA) is 59.4 Å². The van der Waals surface area contributed by atoms with Gasteiger partial charge in [-0.1, -0.05) is 49.7 Å². The Labute approximate surface area is 222 Å². The van der Waals surface area contributed by atoms with Crippen molar-refractivity contribution in [2.24, 2.45) is 5.92 Å². The van der Waals surface area contributed by atoms with Crippen LogP contribution in [0.5, 0.6) is 5.75 Å². The van der Waals surface area contributed by atoms with Crippen LogP contribution >= 0.6 is 0 Å². The first-order valence-corrected chi connectivity index (χ1v) is 12.7. The second-order valence-corrected chi connectivity index (χ2v) is 9.91. The molecule has 6 nitrogen and oxygen atoms in total. The fourth-order valence-electron chi connectivity index (χ4n) is 4.42. The van der Waals surface area contributed by atoms with Gasteiger partial charge in [0.15, 0.2) is 6.10 Å². The number of carbonyl (C=O) groups is 1. The van der Waals surface area contributed by atoms with Crippen molar-refractivity contribution in [1.29, 1.82) is 0 Å². The number of aryl methyl sites for hydroxylation is 2. The lowest BCUT2D eigenvalue weighted by atomic mass is 10.1. The maximum absolute atomic E-state index is 13.7. The van der Waals surface area contributed by atoms with Crippen LogP contribution in [0.1, 0.15) is 30.8 Å². The monoisotopic (exact) mass is 510 g/mol. The minimum Gasteiger partial charge on any atom is -0.480 e. The lowest BCUT2D eigenvalue weighted by Gasteiger charge is -2.29. The molecule has 1 amide bonds. The lowest BCUT2D eigenvalue weighted by molar-refractivity contribution is -0.138. The summed E-state index contributed by atoms with van der Waals surface area (Å²) in [6.45, 7) is 8.24. The van der Waals surface area contributed by atoms with Gasteiger partial charge in [-0.2, -0.15) is 0 Å². The molecule has 0 spiro atoms. The molecular weight excluding hydrogens is 479 g/mol. The third kappa shape index (κ3) is 5.18. The summed E-state index contributed by atoms with van der Waals surface area (Å²) >= 11 is 0. The number of hydrogen-bond donors (Lipinski definition) is 1. The molecule has 1 aliphatic rings. The van der Waals surface area contributed by atoms with E-state index in [1.165, 1.54) is 12.1 Å². The van der Waals surface area contributed by atoms with Gasteiger partial charge in [-0.3, -0.25) is 9.36 Å². The summed E-state index contributed by atoms with van der Waals surface area (Å²) in [5.74, 6) is 1.65. The van der Waals surface area contributed by atoms with E-state index >= 15 is 0 Å². The highest BCUT2D eigenvalue weighted by molar-refractivity contribution is 5.84. The zero-order valence-electron chi connectivity index (χ0n) is 22.0. The SMILES string of the molecule is Cc1ccc(Nc2c(-c3ccc(F)cc3)nc3n2C=CN(C(=O)C(Oc2ccccc2C)C(C)C)C3)cc1. The first-order chi connectivity index (χ1) is 18.3. The Hall–Kier alpha value is -4.39. The Morgan fingerprint density at radius 1 is 0.974 bits per heavy atom. The second-order valence-electron chi connectivity index (χ2n) is 9.91. The van der Waals surface area contributed by atoms with E-state index in [2.05, 4.69) is 5.32 Å². The number of para-hydroxylation sites is 1. The molecule has 7 heteroatoms. The molecule has 4 aromatic rings. The van der Waals surface area contributed by atoms with Crippen LogP contribution in [0.25, 0.3) is 17.5 Å². The van der Waals surface area contributed by atoms with Crippen molar-refractivity contribution in [1.82, 2.24) is 14.5 Å². The highest BCUT2D eigenvalue weighted by atomic mass is 19.1. The van der Waals surface area contributed by atoms with Crippen LogP contribution in [0.15, 0.2) is 79.0 Å². The molecule has 1 atom stereocenters. The average Bonchev–Trinajstić information content (AvgIpc) is 3.26. The minimum atomic E-state index is -0.649. The average molecular weight is 511 g/mol. The van der Waals surface area contributed by atoms with Gasteiger partial charge in [0.1, 0.15) is 28.9 Å². The zero-order valence-corrected chi connectivity index (χ0v) is 22.0. The molecule has 0 saturated heterocycles. The Morgan fingerprint density at radius 2 is 1.68 bits per heavy atom. The molecule has 1 aromatic heterocycles. The molecule has 3 aromatic carbocycles. The number of rotatable bonds is 7. The van der Waals surface area contributed by atoms with Crippen LogP contribution in [0.4, 0.5) is 15.9 Å². The molecular formula is C31H31FN4O2. The van der Waals surface area contributed by atoms with Gasteiger partial charge >= 0.3 is 0 Å². The van der Waals surface area contributed by atoms with Crippen molar-refractivity contribution in [3.8, 4) is 17.0 Å². The van der Waals surface area contributed by atoms with Gasteiger partial charge in [0.05, 0.1) is 6.54 Å². The van der Waals surface area contributed by atoms with Gasteiger partial charge in [0.25, 0.3) is 5.91 Å². The minimum absolute atomic E-state index is 0.0364. The van der Waals surface area contributed by atoms with E-state index < -0.39 is 6.10 Å². The molecule has 38 heavy (non-hydrogen) atoms. The summed E-state index contributed by atoms with van der Waals surface area (Å²) in [6, 6.07) is 22.0. The largest absolute Gasteiger partial charge is 0.480 e. The Kier molecular flexibility index (Phi) is 7.01. The predicted molar refractivity (Wildman–Crippen MR) is 148 cm³/mol. The van der Waals surface area contributed by atoms with E-state index in [0.29, 0.717) is 17.3 Å². The molecule has 0 saturated carbocycles. The number of imidazole rings is 1. The standard InChI is InChI=1S/C31H31FN4O2/c1-20(2)29(38-26-8-6-5-7-22(26)4)31(37)35-17-18-36-27(19-35)34-28(23-11-13-24(32)14-12-23)30(36)33-25-15-9-21(3)10-16-25/h5-18,20,29,33H,19H2,1-4H3. The van der Waals surface area contributed by atoms with E-state index in [1.54, 1.807) is 23.2 Å². The number of carbonyl (C=O) groups excluding carboxylic acids is 1. The van der Waals surface area contributed by atoms with Crippen LogP contribution < -0.4 is 10.1 Å². The molecule has 1 unspecified atom stereocenters. The predicted octanol–water partition coefficient (Wildman–Crippen LogP) is 6.92. The van der Waals surface area contributed by atoms with Gasteiger partial charge in [-0.25, -0.2) is 9.37 Å². The highest BCUT2D eigenvalue weighted by Crippen LogP contribution is 2.34. The summed E-state index contributed by atoms with van der Waals surface area (Å²) in [5.41, 5.74) is 4.49. The number of nitrogens with one attached hydrogen (secondary N) is 1. The van der Waals surface area contributed by atoms with E-state index in [0.717, 1.165) is 28.2 Å². The Bertz CT molecular complexity index is 1470. The van der Waals surface area contributed by atoms with Crippen molar-refractivity contribution in [2.45, 2.75) is 40.3 Å². The molecule has 1 aliphatic heterocycles. The third-order valence-electron chi connectivity index (χ3n) is 6.60. The van der Waals surface area contributed by atoms with Crippen molar-refractivity contribution in [3.63, 3.8) is 0 Å². The summed E-state index contributed by atoms with van der Waals surface area (Å²) in [4.78, 5) is 20.2. The smallest absolute Gasteiger partial charge is 0.268 e. The number of benzene rings is 3. The first kappa shape index (κ1) is 25.3. The molecule has 0 fully saturated rings. The number of nitrogens with zero attached hydrogens (tertiary/aromatic N) is 3. The van der Waals surface area contributed by atoms with Gasteiger partial charge in [-0.05, 0) is 67.8 Å². The summed E-state index contributed by atoms with van der Waals surface area (Å²) in [7, 11) is 0. The summed E-state index contributed by atoms with van der Waals surface area (Å²) in [5, 5.41) is 3.47. The van der Waals surface area contributed by atoms with Crippen molar-refractivity contribution >= 4 is 23.6 Å². The molecule has 0 radical (unpaired) electrons. The van der Waals surface area contributed by atoms with Crippen molar-refractivity contribution < 1.29 is 13.9 Å². The van der Waals surface area contributed by atoms with E-state index in [9.17, 15) is 9.18 Å². The highest BCUT2D eigenvalue weighted by Gasteiger charge is 2.32. The summed E-state index contributed by atoms with van der Waals surface area (Å²) < 4.78 is 21.8. The van der Waals surface area contributed by atoms with Crippen molar-refractivity contribution in [2.75, 3.05) is 5.32 Å². The van der Waals surface area contributed by atoms with Crippen LogP contribution in [0.3, 0.4) is 0 Å². The molecule has 2 heterocycles. The lowest BCUT2D eigenvalue weighted by Crippen LogP contribution is -2.43. The molecule has 5 rings (SSSR count). The molecule has 1 N–H and O–H groups in total. The molecule has 0 bridgehead atoms. The number of ether oxygens (including phenoxy) is 1. The van der Waals surface area contributed by atoms with E-state index in [-0.39, 0.29) is 24.2 Å². The number of amides is 1. The molecule has 0 aliphatic carbocycles. The van der Waals surface area contributed by atoms with Gasteiger partial charge in [-0.15, -0.1) is 0 Å². The second kappa shape index (κ2) is 10.5. The normalized spacial score (nSPS) is 13.4. The van der Waals surface area contributed by atoms with Gasteiger partial charge in [0, 0.05) is 23.7 Å². The first-order valence-electron chi connectivity index (χ1n) is 12.7. The maximum atomic E-state index is 13.7. The number of hydrogen-bond acceptors (Lipinski definition) is 4. The Balaban J connectivity index is 1.47. The fourth-order valence-corrected chi connectivity index (χ4v) is 4.42. The number of aromatic nitrogens is 2. The quantitative estimate of drug-likeness (QED) is 0.293. The number of fused-ring (bicyclic) bond motifs is 1. The van der Waals surface area contributed by atoms with Crippen LogP contribution in [-0.4, -0.2) is 26.5 Å². The number of anilines is 2. The number of halogens is 1. The van der Waals surface area contributed by atoms with Crippen LogP contribution in [0.2, 0.25) is 0 Å². The van der Waals surface area contributed by atoms with Gasteiger partial charge in [0.2, 0.25) is 0 Å². The summed E-state index contributed by atoms with van der Waals surface area (Å²) in [6.07, 6.45) is 2.95. The van der Waals surface area contributed by atoms with Crippen molar-refractivity contribution in [3.05, 3.63) is 102 Å². The molecule has 194 valence electrons.